The van der Waals surface area contributed by atoms with Gasteiger partial charge in [0.15, 0.2) is 0 Å². The average Bonchev–Trinajstić information content (AvgIpc) is 2.81. The molecular weight excluding hydrogens is 391 g/mol. The predicted octanol–water partition coefficient (Wildman–Crippen LogP) is 3.22. The molecule has 2 aromatic rings. The van der Waals surface area contributed by atoms with Crippen molar-refractivity contribution in [2.75, 3.05) is 4.90 Å². The zero-order valence-electron chi connectivity index (χ0n) is 15.6. The molecule has 0 spiro atoms. The summed E-state index contributed by atoms with van der Waals surface area (Å²) in [6.45, 7) is 3.01. The highest BCUT2D eigenvalue weighted by atomic mass is 19.4. The lowest BCUT2D eigenvalue weighted by atomic mass is 10.0. The summed E-state index contributed by atoms with van der Waals surface area (Å²) in [5, 5.41) is 9.22. The number of pyridine rings is 1. The fraction of sp³-hybridized carbons (Fsp3) is 0.316. The van der Waals surface area contributed by atoms with Gasteiger partial charge in [-0.15, -0.1) is 13.2 Å². The van der Waals surface area contributed by atoms with Crippen LogP contribution in [0, 0.1) is 0 Å². The number of halogens is 3. The van der Waals surface area contributed by atoms with Crippen LogP contribution in [0.5, 0.6) is 5.75 Å². The number of urea groups is 1. The largest absolute Gasteiger partial charge is 0.573 e. The van der Waals surface area contributed by atoms with Crippen molar-refractivity contribution in [2.45, 2.75) is 38.9 Å². The molecule has 1 N–H and O–H groups in total. The van der Waals surface area contributed by atoms with Gasteiger partial charge >= 0.3 is 12.4 Å². The number of anilines is 1. The highest BCUT2D eigenvalue weighted by molar-refractivity contribution is 6.22. The van der Waals surface area contributed by atoms with Gasteiger partial charge < -0.3 is 14.7 Å². The molecule has 0 unspecified atom stereocenters. The van der Waals surface area contributed by atoms with E-state index in [2.05, 4.69) is 9.72 Å². The van der Waals surface area contributed by atoms with Crippen LogP contribution in [0.1, 0.15) is 25.1 Å². The second-order valence-electron chi connectivity index (χ2n) is 6.92. The number of hydrogen-bond acceptors (Lipinski definition) is 5. The summed E-state index contributed by atoms with van der Waals surface area (Å²) in [6.07, 6.45) is -3.34. The maximum atomic E-state index is 13.0. The van der Waals surface area contributed by atoms with Crippen LogP contribution >= 0.6 is 0 Å². The molecule has 1 aliphatic heterocycles. The van der Waals surface area contributed by atoms with Gasteiger partial charge in [-0.3, -0.25) is 9.78 Å². The number of aromatic nitrogens is 1. The van der Waals surface area contributed by atoms with E-state index in [1.165, 1.54) is 23.2 Å². The number of nitrogens with zero attached hydrogens (tertiary/aromatic N) is 3. The number of hydrogen-bond donors (Lipinski definition) is 1. The van der Waals surface area contributed by atoms with Crippen LogP contribution in [-0.2, 0) is 17.9 Å². The molecule has 10 heteroatoms. The van der Waals surface area contributed by atoms with E-state index in [0.717, 1.165) is 17.0 Å². The molecule has 0 aliphatic carbocycles. The van der Waals surface area contributed by atoms with Gasteiger partial charge in [-0.1, -0.05) is 0 Å². The van der Waals surface area contributed by atoms with Crippen molar-refractivity contribution in [3.8, 4) is 5.75 Å². The van der Waals surface area contributed by atoms with Crippen LogP contribution in [0.15, 0.2) is 42.6 Å². The Morgan fingerprint density at radius 2 is 1.79 bits per heavy atom. The zero-order chi connectivity index (χ0) is 21.4. The van der Waals surface area contributed by atoms with E-state index in [1.54, 1.807) is 26.0 Å². The summed E-state index contributed by atoms with van der Waals surface area (Å²) in [5.41, 5.74) is 0.0567. The molecule has 0 radical (unpaired) electrons. The van der Waals surface area contributed by atoms with Crippen LogP contribution in [0.2, 0.25) is 0 Å². The molecule has 7 nitrogen and oxygen atoms in total. The Hall–Kier alpha value is -3.14. The first-order valence-electron chi connectivity index (χ1n) is 8.59. The van der Waals surface area contributed by atoms with Crippen LogP contribution in [0.3, 0.4) is 0 Å². The Kier molecular flexibility index (Phi) is 5.22. The van der Waals surface area contributed by atoms with E-state index in [0.29, 0.717) is 11.3 Å². The summed E-state index contributed by atoms with van der Waals surface area (Å²) >= 11 is 0. The lowest BCUT2D eigenvalue weighted by Gasteiger charge is -2.27. The number of carbonyl (C=O) groups excluding carboxylic acids is 2. The monoisotopic (exact) mass is 409 g/mol. The van der Waals surface area contributed by atoms with Gasteiger partial charge in [-0.2, -0.15) is 0 Å². The Balaban J connectivity index is 1.86. The molecule has 3 rings (SSSR count). The summed E-state index contributed by atoms with van der Waals surface area (Å²) in [5.74, 6) is -0.965. The average molecular weight is 409 g/mol. The first-order chi connectivity index (χ1) is 13.5. The van der Waals surface area contributed by atoms with Crippen LogP contribution in [0.4, 0.5) is 23.7 Å². The minimum atomic E-state index is -4.84. The van der Waals surface area contributed by atoms with Gasteiger partial charge in [0.05, 0.1) is 18.0 Å². The van der Waals surface area contributed by atoms with E-state index in [4.69, 9.17) is 0 Å². The second kappa shape index (κ2) is 7.36. The molecule has 0 bridgehead atoms. The number of ether oxygens (including phenoxy) is 1. The third kappa shape index (κ3) is 4.16. The summed E-state index contributed by atoms with van der Waals surface area (Å²) in [7, 11) is 0. The van der Waals surface area contributed by atoms with Crippen LogP contribution < -0.4 is 9.64 Å². The lowest BCUT2D eigenvalue weighted by molar-refractivity contribution is -0.274. The minimum Gasteiger partial charge on any atom is -0.406 e. The first kappa shape index (κ1) is 20.6. The first-order valence-corrected chi connectivity index (χ1v) is 8.59. The number of aliphatic hydroxyl groups excluding tert-OH is 1. The molecule has 1 aliphatic rings. The quantitative estimate of drug-likeness (QED) is 0.767. The van der Waals surface area contributed by atoms with E-state index < -0.39 is 29.6 Å². The Morgan fingerprint density at radius 3 is 2.38 bits per heavy atom. The van der Waals surface area contributed by atoms with E-state index in [-0.39, 0.29) is 18.8 Å². The number of rotatable bonds is 5. The molecule has 29 heavy (non-hydrogen) atoms. The Morgan fingerprint density at radius 1 is 1.14 bits per heavy atom. The molecular formula is C19H18F3N3O4. The van der Waals surface area contributed by atoms with Gasteiger partial charge in [-0.25, -0.2) is 9.69 Å². The topological polar surface area (TPSA) is 83.0 Å². The fourth-order valence-corrected chi connectivity index (χ4v) is 3.02. The third-order valence-electron chi connectivity index (χ3n) is 4.54. The molecule has 3 amide bonds. The normalized spacial score (nSPS) is 16.5. The molecule has 2 heterocycles. The molecule has 1 fully saturated rings. The number of benzene rings is 1. The summed E-state index contributed by atoms with van der Waals surface area (Å²) in [6, 6.07) is 7.19. The van der Waals surface area contributed by atoms with E-state index in [1.807, 2.05) is 0 Å². The van der Waals surface area contributed by atoms with Crippen molar-refractivity contribution in [3.05, 3.63) is 53.9 Å². The number of imide groups is 1. The van der Waals surface area contributed by atoms with Gasteiger partial charge in [0.2, 0.25) is 0 Å². The Labute approximate surface area is 164 Å². The lowest BCUT2D eigenvalue weighted by Crippen LogP contribution is -2.43. The van der Waals surface area contributed by atoms with Gasteiger partial charge in [0, 0.05) is 12.7 Å². The van der Waals surface area contributed by atoms with Gasteiger partial charge in [0.25, 0.3) is 5.91 Å². The highest BCUT2D eigenvalue weighted by Crippen LogP contribution is 2.34. The predicted molar refractivity (Wildman–Crippen MR) is 95.8 cm³/mol. The standard InChI is InChI=1S/C19H18F3N3O4/c1-18(2)16(27)25(14-3-5-15(6-4-14)29-19(20,21)22)17(28)24(18)10-12-7-8-23-13(9-12)11-26/h3-9,26H,10-11H2,1-2H3. The maximum Gasteiger partial charge on any atom is 0.573 e. The van der Waals surface area contributed by atoms with Crippen molar-refractivity contribution in [1.82, 2.24) is 9.88 Å². The van der Waals surface area contributed by atoms with Crippen molar-refractivity contribution in [3.63, 3.8) is 0 Å². The van der Waals surface area contributed by atoms with Gasteiger partial charge in [0.1, 0.15) is 11.3 Å². The highest BCUT2D eigenvalue weighted by Gasteiger charge is 2.51. The molecule has 1 saturated heterocycles. The number of carbonyl (C=O) groups is 2. The molecule has 0 atom stereocenters. The van der Waals surface area contributed by atoms with E-state index in [9.17, 15) is 27.9 Å². The van der Waals surface area contributed by atoms with Crippen molar-refractivity contribution in [2.24, 2.45) is 0 Å². The molecule has 0 saturated carbocycles. The van der Waals surface area contributed by atoms with Crippen LogP contribution in [-0.4, -0.2) is 38.8 Å². The molecule has 154 valence electrons. The third-order valence-corrected chi connectivity index (χ3v) is 4.54. The Bertz CT molecular complexity index is 929. The summed E-state index contributed by atoms with van der Waals surface area (Å²) in [4.78, 5) is 32.1. The number of amides is 3. The van der Waals surface area contributed by atoms with E-state index >= 15 is 0 Å². The zero-order valence-corrected chi connectivity index (χ0v) is 15.6. The van der Waals surface area contributed by atoms with Gasteiger partial charge in [-0.05, 0) is 55.8 Å². The SMILES string of the molecule is CC1(C)C(=O)N(c2ccc(OC(F)(F)F)cc2)C(=O)N1Cc1ccnc(CO)c1. The van der Waals surface area contributed by atoms with Crippen molar-refractivity contribution >= 4 is 17.6 Å². The second-order valence-corrected chi connectivity index (χ2v) is 6.92. The number of alkyl halides is 3. The van der Waals surface area contributed by atoms with Crippen molar-refractivity contribution < 1.29 is 32.6 Å². The van der Waals surface area contributed by atoms with Crippen LogP contribution in [0.25, 0.3) is 0 Å². The maximum absolute atomic E-state index is 13.0. The minimum absolute atomic E-state index is 0.0961. The summed E-state index contributed by atoms with van der Waals surface area (Å²) < 4.78 is 40.8. The molecule has 1 aromatic carbocycles. The fourth-order valence-electron chi connectivity index (χ4n) is 3.02. The van der Waals surface area contributed by atoms with Crippen molar-refractivity contribution in [1.29, 1.82) is 0 Å². The number of aliphatic hydroxyl groups is 1. The molecule has 1 aromatic heterocycles. The smallest absolute Gasteiger partial charge is 0.406 e.